The van der Waals surface area contributed by atoms with E-state index < -0.39 is 34.1 Å². The van der Waals surface area contributed by atoms with Crippen LogP contribution in [0.3, 0.4) is 0 Å². The van der Waals surface area contributed by atoms with E-state index in [1.54, 1.807) is 19.9 Å². The maximum absolute atomic E-state index is 13.0. The second-order valence-electron chi connectivity index (χ2n) is 11.7. The number of nitrogens with one attached hydrogen (secondary N) is 1. The Balaban J connectivity index is 1.73. The van der Waals surface area contributed by atoms with Gasteiger partial charge < -0.3 is 9.52 Å². The number of thiazole rings is 1. The predicted octanol–water partition coefficient (Wildman–Crippen LogP) is 6.44. The fraction of sp³-hybridized carbons (Fsp3) is 0.538. The summed E-state index contributed by atoms with van der Waals surface area (Å²) >= 11 is 14.4. The third kappa shape index (κ3) is 6.51. The van der Waals surface area contributed by atoms with Gasteiger partial charge in [-0.2, -0.15) is 0 Å². The number of hydrogen-bond acceptors (Lipinski definition) is 8. The standard InChI is InChI=1S/C26H31Cl2FN4O5S2/c1-13(12-29)33-40(36,37)17-7-6-15(19(27)20(17)28)21-16(8-14-9-25(2,3)10-14)30-23(39-21)22-32-31-18(38-22)11-26(4,5)24(34)35/h6-7,13-14,33H,8-12H2,1-5H3,(H,34,35)/t13-/m0/s1. The molecule has 1 aromatic carbocycles. The van der Waals surface area contributed by atoms with E-state index in [0.29, 0.717) is 27.8 Å². The van der Waals surface area contributed by atoms with E-state index in [2.05, 4.69) is 28.8 Å². The number of carboxylic acids is 1. The van der Waals surface area contributed by atoms with Crippen LogP contribution in [0.25, 0.3) is 21.3 Å². The molecule has 2 N–H and O–H groups in total. The molecule has 1 aliphatic rings. The van der Waals surface area contributed by atoms with Gasteiger partial charge in [0.2, 0.25) is 15.9 Å². The molecular formula is C26H31Cl2FN4O5S2. The minimum absolute atomic E-state index is 0.0252. The van der Waals surface area contributed by atoms with Gasteiger partial charge in [0.25, 0.3) is 5.89 Å². The van der Waals surface area contributed by atoms with Crippen molar-refractivity contribution in [2.45, 2.75) is 71.2 Å². The van der Waals surface area contributed by atoms with E-state index in [1.807, 2.05) is 0 Å². The highest BCUT2D eigenvalue weighted by Crippen LogP contribution is 2.49. The molecule has 14 heteroatoms. The summed E-state index contributed by atoms with van der Waals surface area (Å²) in [5.74, 6) is -0.264. The van der Waals surface area contributed by atoms with Crippen molar-refractivity contribution in [3.05, 3.63) is 33.8 Å². The zero-order valence-electron chi connectivity index (χ0n) is 22.7. The molecule has 2 heterocycles. The molecule has 0 bridgehead atoms. The van der Waals surface area contributed by atoms with Gasteiger partial charge in [0.05, 0.1) is 26.0 Å². The van der Waals surface area contributed by atoms with Gasteiger partial charge in [-0.1, -0.05) is 43.1 Å². The first-order chi connectivity index (χ1) is 18.5. The fourth-order valence-corrected chi connectivity index (χ4v) is 8.04. The second kappa shape index (κ2) is 11.3. The minimum Gasteiger partial charge on any atom is -0.481 e. The van der Waals surface area contributed by atoms with Crippen LogP contribution in [0.15, 0.2) is 21.4 Å². The first-order valence-corrected chi connectivity index (χ1v) is 15.7. The van der Waals surface area contributed by atoms with Crippen LogP contribution >= 0.6 is 34.5 Å². The Bertz CT molecular complexity index is 1530. The quantitative estimate of drug-likeness (QED) is 0.247. The molecular weight excluding hydrogens is 602 g/mol. The number of alkyl halides is 1. The lowest BCUT2D eigenvalue weighted by atomic mass is 9.63. The Hall–Kier alpha value is -2.12. The molecule has 1 saturated carbocycles. The molecule has 218 valence electrons. The Morgan fingerprint density at radius 2 is 1.95 bits per heavy atom. The average molecular weight is 634 g/mol. The molecule has 0 saturated heterocycles. The normalized spacial score (nSPS) is 16.6. The first kappa shape index (κ1) is 30.8. The van der Waals surface area contributed by atoms with Crippen molar-refractivity contribution < 1.29 is 27.1 Å². The lowest BCUT2D eigenvalue weighted by molar-refractivity contribution is -0.147. The van der Waals surface area contributed by atoms with Gasteiger partial charge in [0, 0.05) is 18.0 Å². The summed E-state index contributed by atoms with van der Waals surface area (Å²) in [7, 11) is -4.11. The Kier molecular flexibility index (Phi) is 8.69. The van der Waals surface area contributed by atoms with Gasteiger partial charge in [0.1, 0.15) is 11.6 Å². The summed E-state index contributed by atoms with van der Waals surface area (Å²) in [5, 5.41) is 17.8. The van der Waals surface area contributed by atoms with Crippen molar-refractivity contribution in [2.24, 2.45) is 16.7 Å². The van der Waals surface area contributed by atoms with Gasteiger partial charge in [-0.25, -0.2) is 22.5 Å². The molecule has 0 aliphatic heterocycles. The zero-order valence-corrected chi connectivity index (χ0v) is 25.9. The molecule has 3 aromatic rings. The monoisotopic (exact) mass is 632 g/mol. The van der Waals surface area contributed by atoms with Crippen LogP contribution in [-0.4, -0.2) is 47.4 Å². The maximum Gasteiger partial charge on any atom is 0.309 e. The highest BCUT2D eigenvalue weighted by Gasteiger charge is 2.37. The van der Waals surface area contributed by atoms with E-state index >= 15 is 0 Å². The van der Waals surface area contributed by atoms with Gasteiger partial charge in [-0.15, -0.1) is 21.5 Å². The first-order valence-electron chi connectivity index (χ1n) is 12.7. The second-order valence-corrected chi connectivity index (χ2v) is 15.2. The van der Waals surface area contributed by atoms with E-state index in [9.17, 15) is 22.7 Å². The van der Waals surface area contributed by atoms with E-state index in [4.69, 9.17) is 32.6 Å². The lowest BCUT2D eigenvalue weighted by Crippen LogP contribution is -2.34. The molecule has 0 unspecified atom stereocenters. The summed E-state index contributed by atoms with van der Waals surface area (Å²) < 4.78 is 46.5. The van der Waals surface area contributed by atoms with Crippen LogP contribution in [0.2, 0.25) is 10.0 Å². The van der Waals surface area contributed by atoms with Crippen LogP contribution in [0.5, 0.6) is 0 Å². The van der Waals surface area contributed by atoms with Crippen molar-refractivity contribution in [1.29, 1.82) is 0 Å². The van der Waals surface area contributed by atoms with Crippen LogP contribution in [0.4, 0.5) is 4.39 Å². The van der Waals surface area contributed by atoms with Crippen molar-refractivity contribution in [3.63, 3.8) is 0 Å². The molecule has 1 aliphatic carbocycles. The Morgan fingerprint density at radius 1 is 1.27 bits per heavy atom. The molecule has 0 spiro atoms. The predicted molar refractivity (Wildman–Crippen MR) is 152 cm³/mol. The zero-order chi connectivity index (χ0) is 29.6. The lowest BCUT2D eigenvalue weighted by Gasteiger charge is -2.42. The van der Waals surface area contributed by atoms with E-state index in [1.165, 1.54) is 24.3 Å². The smallest absolute Gasteiger partial charge is 0.309 e. The van der Waals surface area contributed by atoms with E-state index in [-0.39, 0.29) is 38.6 Å². The highest BCUT2D eigenvalue weighted by molar-refractivity contribution is 7.89. The molecule has 0 amide bonds. The summed E-state index contributed by atoms with van der Waals surface area (Å²) in [6.45, 7) is 8.09. The SMILES string of the molecule is C[C@@H](CF)NS(=O)(=O)c1ccc(-c2sc(-c3nnc(CC(C)(C)C(=O)O)o3)nc2CC2CC(C)(C)C2)c(Cl)c1Cl. The van der Waals surface area contributed by atoms with Gasteiger partial charge >= 0.3 is 5.97 Å². The number of benzene rings is 1. The molecule has 0 radical (unpaired) electrons. The molecule has 1 fully saturated rings. The largest absolute Gasteiger partial charge is 0.481 e. The van der Waals surface area contributed by atoms with Crippen molar-refractivity contribution >= 4 is 50.5 Å². The Labute approximate surface area is 246 Å². The number of nitrogens with zero attached hydrogens (tertiary/aromatic N) is 3. The summed E-state index contributed by atoms with van der Waals surface area (Å²) in [5.41, 5.74) is 0.392. The number of halogens is 3. The number of hydrogen-bond donors (Lipinski definition) is 2. The third-order valence-corrected chi connectivity index (χ3v) is 10.6. The van der Waals surface area contributed by atoms with E-state index in [0.717, 1.165) is 18.5 Å². The van der Waals surface area contributed by atoms with Crippen LogP contribution in [-0.2, 0) is 27.7 Å². The molecule has 40 heavy (non-hydrogen) atoms. The number of carbonyl (C=O) groups is 1. The molecule has 4 rings (SSSR count). The van der Waals surface area contributed by atoms with Crippen molar-refractivity contribution in [2.75, 3.05) is 6.67 Å². The van der Waals surface area contributed by atoms with Gasteiger partial charge in [-0.05, 0) is 57.4 Å². The summed E-state index contributed by atoms with van der Waals surface area (Å²) in [6.07, 6.45) is 2.76. The number of aliphatic carboxylic acids is 1. The van der Waals surface area contributed by atoms with Crippen molar-refractivity contribution in [1.82, 2.24) is 19.9 Å². The highest BCUT2D eigenvalue weighted by atomic mass is 35.5. The Morgan fingerprint density at radius 3 is 2.55 bits per heavy atom. The third-order valence-electron chi connectivity index (χ3n) is 6.85. The minimum atomic E-state index is -4.11. The maximum atomic E-state index is 13.0. The van der Waals surface area contributed by atoms with Crippen LogP contribution < -0.4 is 4.72 Å². The van der Waals surface area contributed by atoms with Crippen LogP contribution in [0, 0.1) is 16.7 Å². The van der Waals surface area contributed by atoms with Gasteiger partial charge in [0.15, 0.2) is 5.01 Å². The van der Waals surface area contributed by atoms with Gasteiger partial charge in [-0.3, -0.25) is 4.79 Å². The number of aromatic nitrogens is 3. The number of rotatable bonds is 11. The number of sulfonamides is 1. The fourth-order valence-electron chi connectivity index (χ4n) is 4.85. The van der Waals surface area contributed by atoms with Crippen molar-refractivity contribution in [3.8, 4) is 21.3 Å². The summed E-state index contributed by atoms with van der Waals surface area (Å²) in [4.78, 5) is 16.8. The molecule has 2 aromatic heterocycles. The summed E-state index contributed by atoms with van der Waals surface area (Å²) in [6, 6.07) is 1.97. The topological polar surface area (TPSA) is 135 Å². The van der Waals surface area contributed by atoms with Crippen LogP contribution in [0.1, 0.15) is 59.0 Å². The molecule has 1 atom stereocenters. The molecule has 9 nitrogen and oxygen atoms in total. The average Bonchev–Trinajstić information content (AvgIpc) is 3.45. The number of carboxylic acid groups (broad SMARTS) is 1.